The van der Waals surface area contributed by atoms with Gasteiger partial charge < -0.3 is 0 Å². The minimum atomic E-state index is -0.250. The van der Waals surface area contributed by atoms with Crippen LogP contribution < -0.4 is 0 Å². The number of fused-ring (bicyclic) bond motifs is 11. The molecule has 0 saturated heterocycles. The first kappa shape index (κ1) is 31.9. The number of thiophene rings is 2. The summed E-state index contributed by atoms with van der Waals surface area (Å²) < 4.78 is 5.30. The molecule has 0 unspecified atom stereocenters. The second-order valence-electron chi connectivity index (χ2n) is 14.6. The van der Waals surface area contributed by atoms with Crippen LogP contribution in [0.2, 0.25) is 0 Å². The van der Waals surface area contributed by atoms with Gasteiger partial charge in [0, 0.05) is 51.1 Å². The highest BCUT2D eigenvalue weighted by molar-refractivity contribution is 7.26. The molecule has 0 aliphatic heterocycles. The predicted molar refractivity (Wildman–Crippen MR) is 236 cm³/mol. The molecule has 252 valence electrons. The summed E-state index contributed by atoms with van der Waals surface area (Å²) in [5, 5.41) is 10.3. The maximum Gasteiger partial charge on any atom is 0.0437 e. The zero-order valence-electron chi connectivity index (χ0n) is 29.7. The molecule has 9 aromatic rings. The van der Waals surface area contributed by atoms with Crippen LogP contribution >= 0.6 is 22.7 Å². The fourth-order valence-corrected chi connectivity index (χ4v) is 10.9. The van der Waals surface area contributed by atoms with E-state index in [4.69, 9.17) is 13.2 Å². The van der Waals surface area contributed by atoms with Crippen molar-refractivity contribution in [3.8, 4) is 11.1 Å². The number of allylic oxidation sites excluding steroid dienone is 4. The van der Waals surface area contributed by atoms with Crippen molar-refractivity contribution in [2.75, 3.05) is 0 Å². The normalized spacial score (nSPS) is 14.5. The van der Waals surface area contributed by atoms with Gasteiger partial charge in [-0.3, -0.25) is 0 Å². The highest BCUT2D eigenvalue weighted by atomic mass is 32.1. The molecule has 0 nitrogen and oxygen atoms in total. The zero-order valence-corrected chi connectivity index (χ0v) is 31.4. The number of benzene rings is 6. The molecule has 0 bridgehead atoms. The first-order valence-electron chi connectivity index (χ1n) is 18.1. The van der Waals surface area contributed by atoms with Gasteiger partial charge in [-0.2, -0.15) is 0 Å². The lowest BCUT2D eigenvalue weighted by Gasteiger charge is -2.23. The summed E-state index contributed by atoms with van der Waals surface area (Å²) in [6.07, 6.45) is 2.29. The monoisotopic (exact) mass is 712 g/mol. The van der Waals surface area contributed by atoms with Gasteiger partial charge in [-0.05, 0) is 85.0 Å². The SMILES string of the molecule is C=C(/C=C1\C(=C)C(C)(C)c2c1ccc1ccc3c4ccccc4sc3c21)c1ccccccc(-c2ccc3c(c2)sc2ccccc23)c2ccccc12. The molecule has 0 atom stereocenters. The maximum absolute atomic E-state index is 4.77. The van der Waals surface area contributed by atoms with Crippen LogP contribution in [0.25, 0.3) is 84.2 Å². The van der Waals surface area contributed by atoms with Crippen molar-refractivity contribution in [3.63, 3.8) is 0 Å². The van der Waals surface area contributed by atoms with Gasteiger partial charge in [0.25, 0.3) is 0 Å². The average molecular weight is 713 g/mol. The quantitative estimate of drug-likeness (QED) is 0.171. The second kappa shape index (κ2) is 12.1. The van der Waals surface area contributed by atoms with E-state index < -0.39 is 0 Å². The van der Waals surface area contributed by atoms with E-state index in [1.807, 2.05) is 22.7 Å². The highest BCUT2D eigenvalue weighted by Crippen LogP contribution is 2.54. The molecular formula is C51H36S2. The second-order valence-corrected chi connectivity index (χ2v) is 16.7. The molecule has 53 heavy (non-hydrogen) atoms. The van der Waals surface area contributed by atoms with Crippen LogP contribution in [0.1, 0.15) is 30.5 Å². The van der Waals surface area contributed by atoms with E-state index in [2.05, 4.69) is 172 Å². The molecule has 1 aliphatic rings. The summed E-state index contributed by atoms with van der Waals surface area (Å²) in [5.41, 5.74) is 9.11. The van der Waals surface area contributed by atoms with E-state index in [1.165, 1.54) is 84.3 Å². The lowest BCUT2D eigenvalue weighted by Crippen LogP contribution is -2.14. The van der Waals surface area contributed by atoms with Crippen LogP contribution in [0.15, 0.2) is 176 Å². The molecule has 0 fully saturated rings. The van der Waals surface area contributed by atoms with Crippen LogP contribution in [-0.2, 0) is 5.41 Å². The van der Waals surface area contributed by atoms with E-state index in [9.17, 15) is 0 Å². The van der Waals surface area contributed by atoms with Crippen molar-refractivity contribution in [1.29, 1.82) is 0 Å². The largest absolute Gasteiger partial charge is 0.135 e. The van der Waals surface area contributed by atoms with Crippen LogP contribution in [0.4, 0.5) is 0 Å². The van der Waals surface area contributed by atoms with Gasteiger partial charge in [-0.15, -0.1) is 22.7 Å². The Hall–Kier alpha value is -5.80. The Kier molecular flexibility index (Phi) is 7.30. The Balaban J connectivity index is 1.17. The third-order valence-corrected chi connectivity index (χ3v) is 13.6. The highest BCUT2D eigenvalue weighted by Gasteiger charge is 2.39. The van der Waals surface area contributed by atoms with Gasteiger partial charge in [0.1, 0.15) is 0 Å². The zero-order chi connectivity index (χ0) is 35.8. The lowest BCUT2D eigenvalue weighted by atomic mass is 9.80. The Morgan fingerprint density at radius 2 is 1.15 bits per heavy atom. The molecule has 0 radical (unpaired) electrons. The molecule has 0 amide bonds. The molecular weight excluding hydrogens is 677 g/mol. The van der Waals surface area contributed by atoms with Crippen LogP contribution in [0.3, 0.4) is 0 Å². The van der Waals surface area contributed by atoms with Gasteiger partial charge in [0.05, 0.1) is 0 Å². The smallest absolute Gasteiger partial charge is 0.0437 e. The fraction of sp³-hybridized carbons (Fsp3) is 0.0588. The third kappa shape index (κ3) is 4.94. The summed E-state index contributed by atoms with van der Waals surface area (Å²) in [4.78, 5) is 0. The molecule has 2 heteroatoms. The molecule has 2 aromatic heterocycles. The minimum Gasteiger partial charge on any atom is -0.135 e. The van der Waals surface area contributed by atoms with Crippen LogP contribution in [0.5, 0.6) is 0 Å². The minimum absolute atomic E-state index is 0.250. The third-order valence-electron chi connectivity index (χ3n) is 11.2. The van der Waals surface area contributed by atoms with Gasteiger partial charge in [-0.25, -0.2) is 0 Å². The summed E-state index contributed by atoms with van der Waals surface area (Å²) in [7, 11) is 0. The van der Waals surface area contributed by atoms with Crippen molar-refractivity contribution in [3.05, 3.63) is 193 Å². The van der Waals surface area contributed by atoms with E-state index in [1.54, 1.807) is 0 Å². The summed E-state index contributed by atoms with van der Waals surface area (Å²) in [6, 6.07) is 55.3. The Labute approximate surface area is 317 Å². The van der Waals surface area contributed by atoms with E-state index >= 15 is 0 Å². The number of hydrogen-bond acceptors (Lipinski definition) is 2. The Bertz CT molecular complexity index is 3120. The van der Waals surface area contributed by atoms with E-state index in [-0.39, 0.29) is 5.41 Å². The Morgan fingerprint density at radius 3 is 1.94 bits per heavy atom. The first-order chi connectivity index (χ1) is 25.9. The molecule has 2 heterocycles. The molecule has 0 saturated carbocycles. The lowest BCUT2D eigenvalue weighted by molar-refractivity contribution is 0.669. The first-order valence-corrected chi connectivity index (χ1v) is 19.8. The summed E-state index contributed by atoms with van der Waals surface area (Å²) >= 11 is 3.76. The molecule has 0 spiro atoms. The predicted octanol–water partition coefficient (Wildman–Crippen LogP) is 15.5. The van der Waals surface area contributed by atoms with Gasteiger partial charge in [0.15, 0.2) is 0 Å². The topological polar surface area (TPSA) is 0 Å². The van der Waals surface area contributed by atoms with Gasteiger partial charge >= 0.3 is 0 Å². The number of hydrogen-bond donors (Lipinski definition) is 0. The molecule has 1 aliphatic carbocycles. The van der Waals surface area contributed by atoms with E-state index in [0.29, 0.717) is 0 Å². The maximum atomic E-state index is 4.77. The Morgan fingerprint density at radius 1 is 0.547 bits per heavy atom. The van der Waals surface area contributed by atoms with Crippen molar-refractivity contribution in [2.24, 2.45) is 0 Å². The van der Waals surface area contributed by atoms with Crippen molar-refractivity contribution in [2.45, 2.75) is 19.3 Å². The van der Waals surface area contributed by atoms with E-state index in [0.717, 1.165) is 22.1 Å². The summed E-state index contributed by atoms with van der Waals surface area (Å²) in [5.74, 6) is 0. The number of rotatable bonds is 3. The van der Waals surface area contributed by atoms with Crippen LogP contribution in [0, 0.1) is 0 Å². The van der Waals surface area contributed by atoms with Gasteiger partial charge in [-0.1, -0.05) is 160 Å². The summed E-state index contributed by atoms with van der Waals surface area (Å²) in [6.45, 7) is 14.2. The average Bonchev–Trinajstić information content (AvgIpc) is 3.81. The fourth-order valence-electron chi connectivity index (χ4n) is 8.52. The van der Waals surface area contributed by atoms with Crippen molar-refractivity contribution >= 4 is 95.7 Å². The van der Waals surface area contributed by atoms with Crippen LogP contribution in [-0.4, -0.2) is 0 Å². The van der Waals surface area contributed by atoms with Gasteiger partial charge in [0.2, 0.25) is 0 Å². The van der Waals surface area contributed by atoms with Crippen molar-refractivity contribution in [1.82, 2.24) is 0 Å². The molecule has 10 rings (SSSR count). The van der Waals surface area contributed by atoms with Crippen molar-refractivity contribution < 1.29 is 0 Å². The standard InChI is InChI=1S/C51H36S2/c1-31(29-44-32(2)51(3,4)49-42(44)27-23-33-24-28-43-40-20-12-14-22-46(40)53-50(43)48(33)49)35-15-7-5-6-8-16-36(38-18-10-9-17-37(35)38)34-25-26-41-39-19-11-13-21-45(39)52-47(41)30-34/h5-30H,1-2H2,3-4H3/b6-5?,7-5?,8-6?,15-7?,16-8?,35-15?,36-16?,37-35?,38-36?,44-29+. The molecule has 0 N–H and O–H groups in total. The molecule has 7 aromatic carbocycles.